The Morgan fingerprint density at radius 2 is 1.23 bits per heavy atom. The normalized spacial score (nSPS) is 16.1. The molecule has 156 valence electrons. The van der Waals surface area contributed by atoms with E-state index < -0.39 is 10.0 Å². The van der Waals surface area contributed by atoms with Crippen LogP contribution in [0.5, 0.6) is 0 Å². The molecule has 4 nitrogen and oxygen atoms in total. The molecule has 0 aromatic heterocycles. The number of hydrogen-bond donors (Lipinski definition) is 0. The van der Waals surface area contributed by atoms with Gasteiger partial charge >= 0.3 is 0 Å². The maximum Gasteiger partial charge on any atom is 0.243 e. The predicted molar refractivity (Wildman–Crippen MR) is 122 cm³/mol. The largest absolute Gasteiger partial charge is 0.290 e. The molecule has 7 heteroatoms. The molecule has 30 heavy (non-hydrogen) atoms. The van der Waals surface area contributed by atoms with Crippen molar-refractivity contribution in [2.75, 3.05) is 26.2 Å². The van der Waals surface area contributed by atoms with Gasteiger partial charge in [0, 0.05) is 26.2 Å². The van der Waals surface area contributed by atoms with Crippen LogP contribution in [0.4, 0.5) is 0 Å². The topological polar surface area (TPSA) is 40.6 Å². The van der Waals surface area contributed by atoms with Crippen molar-refractivity contribution in [1.82, 2.24) is 9.21 Å². The molecular formula is C23H22Cl2N2O2S. The van der Waals surface area contributed by atoms with Crippen LogP contribution in [0, 0.1) is 0 Å². The van der Waals surface area contributed by atoms with E-state index in [0.717, 1.165) is 0 Å². The lowest BCUT2D eigenvalue weighted by molar-refractivity contribution is 0.156. The molecule has 0 amide bonds. The molecule has 0 bridgehead atoms. The van der Waals surface area contributed by atoms with Crippen LogP contribution in [0.25, 0.3) is 0 Å². The Kier molecular flexibility index (Phi) is 6.46. The highest BCUT2D eigenvalue weighted by Crippen LogP contribution is 2.31. The summed E-state index contributed by atoms with van der Waals surface area (Å²) in [5.74, 6) is 0. The highest BCUT2D eigenvalue weighted by Gasteiger charge is 2.32. The van der Waals surface area contributed by atoms with Crippen LogP contribution in [-0.2, 0) is 10.0 Å². The van der Waals surface area contributed by atoms with Gasteiger partial charge in [-0.3, -0.25) is 4.90 Å². The van der Waals surface area contributed by atoms with Gasteiger partial charge < -0.3 is 0 Å². The minimum Gasteiger partial charge on any atom is -0.290 e. The SMILES string of the molecule is O=S(=O)(c1ccc(Cl)c(Cl)c1)N1CCN(C(c2ccccc2)c2ccccc2)CC1. The van der Waals surface area contributed by atoms with Crippen molar-refractivity contribution >= 4 is 33.2 Å². The van der Waals surface area contributed by atoms with Crippen molar-refractivity contribution in [1.29, 1.82) is 0 Å². The first-order valence-electron chi connectivity index (χ1n) is 9.76. The zero-order valence-corrected chi connectivity index (χ0v) is 18.6. The minimum absolute atomic E-state index is 0.0854. The first-order chi connectivity index (χ1) is 14.5. The van der Waals surface area contributed by atoms with E-state index >= 15 is 0 Å². The number of hydrogen-bond acceptors (Lipinski definition) is 3. The third kappa shape index (κ3) is 4.41. The van der Waals surface area contributed by atoms with Gasteiger partial charge in [0.25, 0.3) is 0 Å². The first kappa shape index (κ1) is 21.3. The maximum absolute atomic E-state index is 13.1. The number of sulfonamides is 1. The van der Waals surface area contributed by atoms with E-state index in [1.165, 1.54) is 33.6 Å². The zero-order chi connectivity index (χ0) is 21.1. The average molecular weight is 461 g/mol. The molecule has 0 radical (unpaired) electrons. The second-order valence-electron chi connectivity index (χ2n) is 7.24. The van der Waals surface area contributed by atoms with E-state index in [2.05, 4.69) is 29.2 Å². The number of piperazine rings is 1. The van der Waals surface area contributed by atoms with E-state index in [9.17, 15) is 8.42 Å². The van der Waals surface area contributed by atoms with Crippen LogP contribution in [-0.4, -0.2) is 43.8 Å². The molecule has 0 N–H and O–H groups in total. The fourth-order valence-electron chi connectivity index (χ4n) is 3.87. The summed E-state index contributed by atoms with van der Waals surface area (Å²) < 4.78 is 27.7. The van der Waals surface area contributed by atoms with Crippen molar-refractivity contribution in [2.24, 2.45) is 0 Å². The summed E-state index contributed by atoms with van der Waals surface area (Å²) in [4.78, 5) is 2.51. The molecule has 1 aliphatic heterocycles. The lowest BCUT2D eigenvalue weighted by Crippen LogP contribution is -2.49. The van der Waals surface area contributed by atoms with Crippen molar-refractivity contribution in [3.63, 3.8) is 0 Å². The van der Waals surface area contributed by atoms with Gasteiger partial charge in [-0.1, -0.05) is 83.9 Å². The second-order valence-corrected chi connectivity index (χ2v) is 9.99. The number of rotatable bonds is 5. The van der Waals surface area contributed by atoms with E-state index in [4.69, 9.17) is 23.2 Å². The van der Waals surface area contributed by atoms with E-state index in [0.29, 0.717) is 31.2 Å². The lowest BCUT2D eigenvalue weighted by atomic mass is 9.96. The average Bonchev–Trinajstić information content (AvgIpc) is 2.78. The molecule has 1 saturated heterocycles. The fraction of sp³-hybridized carbons (Fsp3) is 0.217. The Labute approximate surface area is 187 Å². The highest BCUT2D eigenvalue weighted by atomic mass is 35.5. The Bertz CT molecular complexity index is 1060. The second kappa shape index (κ2) is 9.08. The summed E-state index contributed by atoms with van der Waals surface area (Å²) in [5, 5.41) is 0.582. The first-order valence-corrected chi connectivity index (χ1v) is 12.0. The molecular weight excluding hydrogens is 439 g/mol. The summed E-state index contributed by atoms with van der Waals surface area (Å²) >= 11 is 12.0. The van der Waals surface area contributed by atoms with Gasteiger partial charge in [-0.2, -0.15) is 4.31 Å². The van der Waals surface area contributed by atoms with Crippen LogP contribution < -0.4 is 0 Å². The molecule has 1 aliphatic rings. The van der Waals surface area contributed by atoms with E-state index in [1.807, 2.05) is 36.4 Å². The number of halogens is 2. The van der Waals surface area contributed by atoms with Gasteiger partial charge in [-0.25, -0.2) is 8.42 Å². The Morgan fingerprint density at radius 1 is 0.700 bits per heavy atom. The third-order valence-corrected chi connectivity index (χ3v) is 8.03. The molecule has 3 aromatic carbocycles. The summed E-state index contributed by atoms with van der Waals surface area (Å²) in [6.45, 7) is 2.10. The molecule has 4 rings (SSSR count). The van der Waals surface area contributed by atoms with Gasteiger partial charge in [0.05, 0.1) is 21.0 Å². The lowest BCUT2D eigenvalue weighted by Gasteiger charge is -2.39. The monoisotopic (exact) mass is 460 g/mol. The van der Waals surface area contributed by atoms with Gasteiger partial charge in [-0.15, -0.1) is 0 Å². The van der Waals surface area contributed by atoms with Crippen molar-refractivity contribution < 1.29 is 8.42 Å². The number of nitrogens with zero attached hydrogens (tertiary/aromatic N) is 2. The van der Waals surface area contributed by atoms with Crippen molar-refractivity contribution in [2.45, 2.75) is 10.9 Å². The standard InChI is InChI=1S/C23H22Cl2N2O2S/c24-21-12-11-20(17-22(21)25)30(28,29)27-15-13-26(14-16-27)23(18-7-3-1-4-8-18)19-9-5-2-6-10-19/h1-12,17,23H,13-16H2. The predicted octanol–water partition coefficient (Wildman–Crippen LogP) is 5.09. The minimum atomic E-state index is -3.62. The van der Waals surface area contributed by atoms with Crippen molar-refractivity contribution in [3.8, 4) is 0 Å². The quantitative estimate of drug-likeness (QED) is 0.532. The fourth-order valence-corrected chi connectivity index (χ4v) is 5.68. The molecule has 0 unspecified atom stereocenters. The van der Waals surface area contributed by atoms with Gasteiger partial charge in [-0.05, 0) is 29.3 Å². The molecule has 0 aliphatic carbocycles. The smallest absolute Gasteiger partial charge is 0.243 e. The Hall–Kier alpha value is -1.89. The third-order valence-electron chi connectivity index (χ3n) is 5.40. The van der Waals surface area contributed by atoms with Gasteiger partial charge in [0.15, 0.2) is 0 Å². The van der Waals surface area contributed by atoms with Crippen molar-refractivity contribution in [3.05, 3.63) is 100 Å². The van der Waals surface area contributed by atoms with Gasteiger partial charge in [0.1, 0.15) is 0 Å². The van der Waals surface area contributed by atoms with Crippen LogP contribution >= 0.6 is 23.2 Å². The van der Waals surface area contributed by atoms with Crippen LogP contribution in [0.15, 0.2) is 83.8 Å². The Balaban J connectivity index is 1.55. The molecule has 0 atom stereocenters. The molecule has 3 aromatic rings. The summed E-state index contributed by atoms with van der Waals surface area (Å²) in [6, 6.07) is 25.2. The van der Waals surface area contributed by atoms with Crippen LogP contribution in [0.3, 0.4) is 0 Å². The van der Waals surface area contributed by atoms with E-state index in [-0.39, 0.29) is 16.0 Å². The number of benzene rings is 3. The molecule has 1 heterocycles. The molecule has 0 spiro atoms. The van der Waals surface area contributed by atoms with Crippen LogP contribution in [0.1, 0.15) is 17.2 Å². The van der Waals surface area contributed by atoms with Gasteiger partial charge in [0.2, 0.25) is 10.0 Å². The summed E-state index contributed by atoms with van der Waals surface area (Å²) in [7, 11) is -3.62. The Morgan fingerprint density at radius 3 is 1.73 bits per heavy atom. The zero-order valence-electron chi connectivity index (χ0n) is 16.3. The van der Waals surface area contributed by atoms with Crippen LogP contribution in [0.2, 0.25) is 10.0 Å². The highest BCUT2D eigenvalue weighted by molar-refractivity contribution is 7.89. The van der Waals surface area contributed by atoms with E-state index in [1.54, 1.807) is 0 Å². The summed E-state index contributed by atoms with van der Waals surface area (Å²) in [5.41, 5.74) is 2.40. The maximum atomic E-state index is 13.1. The molecule has 0 saturated carbocycles. The molecule has 1 fully saturated rings. The summed E-state index contributed by atoms with van der Waals surface area (Å²) in [6.07, 6.45) is 0.